The van der Waals surface area contributed by atoms with E-state index in [-0.39, 0.29) is 34.5 Å². The quantitative estimate of drug-likeness (QED) is 0.209. The van der Waals surface area contributed by atoms with E-state index in [1.807, 2.05) is 0 Å². The van der Waals surface area contributed by atoms with E-state index in [0.717, 1.165) is 0 Å². The third-order valence-electron chi connectivity index (χ3n) is 1.07. The van der Waals surface area contributed by atoms with Crippen LogP contribution < -0.4 is 29.6 Å². The van der Waals surface area contributed by atoms with Crippen LogP contribution in [0, 0.1) is 16.2 Å². The van der Waals surface area contributed by atoms with E-state index in [1.165, 1.54) is 0 Å². The third kappa shape index (κ3) is 4.75. The molecule has 0 aliphatic heterocycles. The molecule has 0 heterocycles. The van der Waals surface area contributed by atoms with Crippen LogP contribution in [-0.4, -0.2) is 4.92 Å². The molecule has 48 valence electrons. The number of nitro groups is 1. The van der Waals surface area contributed by atoms with E-state index in [4.69, 9.17) is 0 Å². The van der Waals surface area contributed by atoms with Gasteiger partial charge in [0.05, 0.1) is 0 Å². The maximum absolute atomic E-state index is 9.93. The molecular weight excluding hydrogens is 129 g/mol. The minimum atomic E-state index is -0.306. The summed E-state index contributed by atoms with van der Waals surface area (Å²) in [6, 6.07) is 0.407. The summed E-state index contributed by atoms with van der Waals surface area (Å²) in [6.07, 6.45) is 1.12. The van der Waals surface area contributed by atoms with Gasteiger partial charge in [0, 0.05) is 0 Å². The van der Waals surface area contributed by atoms with Crippen molar-refractivity contribution < 1.29 is 34.5 Å². The number of hydrogen-bond donors (Lipinski definition) is 0. The zero-order valence-corrected chi connectivity index (χ0v) is 8.18. The molecule has 0 fully saturated rings. The molecule has 0 N–H and O–H groups in total. The zero-order chi connectivity index (χ0) is 6.57. The zero-order valence-electron chi connectivity index (χ0n) is 6.18. The van der Waals surface area contributed by atoms with Crippen LogP contribution in [0.25, 0.3) is 0 Å². The van der Waals surface area contributed by atoms with Crippen LogP contribution in [-0.2, 0) is 0 Å². The summed E-state index contributed by atoms with van der Waals surface area (Å²) in [5, 5.41) is 9.93. The SMILES string of the molecule is CC[C-](CC)[N+](=O)[O-].[Na+]. The largest absolute Gasteiger partial charge is 1.00 e. The smallest absolute Gasteiger partial charge is 0.295 e. The van der Waals surface area contributed by atoms with Gasteiger partial charge in [-0.25, -0.2) is 0 Å². The van der Waals surface area contributed by atoms with Crippen LogP contribution in [0.15, 0.2) is 0 Å². The fraction of sp³-hybridized carbons (Fsp3) is 0.800. The predicted molar refractivity (Wildman–Crippen MR) is 30.8 cm³/mol. The van der Waals surface area contributed by atoms with Gasteiger partial charge >= 0.3 is 29.6 Å². The van der Waals surface area contributed by atoms with E-state index in [0.29, 0.717) is 18.9 Å². The molecular formula is C5H10NNaO2. The number of rotatable bonds is 3. The van der Waals surface area contributed by atoms with Gasteiger partial charge in [0.15, 0.2) is 0 Å². The molecule has 4 heteroatoms. The van der Waals surface area contributed by atoms with Crippen molar-refractivity contribution >= 4 is 0 Å². The van der Waals surface area contributed by atoms with Gasteiger partial charge in [-0.05, 0) is 6.04 Å². The van der Waals surface area contributed by atoms with E-state index >= 15 is 0 Å². The number of nitrogens with zero attached hydrogens (tertiary/aromatic N) is 1. The molecule has 0 unspecified atom stereocenters. The standard InChI is InChI=1S/C5H10NO2.Na/c1-3-5(4-2)6(7)8;/h3-4H2,1-2H3;/q-1;+1. The van der Waals surface area contributed by atoms with Crippen molar-refractivity contribution in [1.29, 1.82) is 0 Å². The molecule has 0 aliphatic carbocycles. The van der Waals surface area contributed by atoms with Gasteiger partial charge in [-0.2, -0.15) is 0 Å². The van der Waals surface area contributed by atoms with Crippen molar-refractivity contribution in [2.75, 3.05) is 0 Å². The van der Waals surface area contributed by atoms with Crippen molar-refractivity contribution in [1.82, 2.24) is 0 Å². The van der Waals surface area contributed by atoms with Crippen LogP contribution >= 0.6 is 0 Å². The third-order valence-corrected chi connectivity index (χ3v) is 1.07. The van der Waals surface area contributed by atoms with Crippen LogP contribution in [0.1, 0.15) is 26.7 Å². The van der Waals surface area contributed by atoms with Gasteiger partial charge in [0.1, 0.15) is 0 Å². The Labute approximate surface area is 77.3 Å². The van der Waals surface area contributed by atoms with E-state index in [2.05, 4.69) is 0 Å². The first kappa shape index (κ1) is 12.0. The summed E-state index contributed by atoms with van der Waals surface area (Å²) in [5.74, 6) is 0. The Hall–Kier alpha value is 0.270. The van der Waals surface area contributed by atoms with Gasteiger partial charge < -0.3 is 0 Å². The molecule has 0 aromatic rings. The topological polar surface area (TPSA) is 43.1 Å². The Kier molecular flexibility index (Phi) is 8.52. The molecule has 0 rings (SSSR count). The summed E-state index contributed by atoms with van der Waals surface area (Å²) in [7, 11) is 0. The van der Waals surface area contributed by atoms with Crippen molar-refractivity contribution in [2.24, 2.45) is 0 Å². The molecule has 0 spiro atoms. The van der Waals surface area contributed by atoms with E-state index in [1.54, 1.807) is 13.8 Å². The number of hydrogen-bond acceptors (Lipinski definition) is 2. The predicted octanol–water partition coefficient (Wildman–Crippen LogP) is -1.38. The Bertz CT molecular complexity index is 83.0. The average Bonchev–Trinajstić information content (AvgIpc) is 1.69. The first-order chi connectivity index (χ1) is 3.72. The molecule has 0 aromatic heterocycles. The van der Waals surface area contributed by atoms with E-state index < -0.39 is 0 Å². The normalized spacial score (nSPS) is 7.78. The summed E-state index contributed by atoms with van der Waals surface area (Å²) in [4.78, 5) is 9.62. The minimum Gasteiger partial charge on any atom is -0.295 e. The summed E-state index contributed by atoms with van der Waals surface area (Å²) < 4.78 is 0. The first-order valence-electron chi connectivity index (χ1n) is 2.71. The summed E-state index contributed by atoms with van der Waals surface area (Å²) >= 11 is 0. The van der Waals surface area contributed by atoms with Gasteiger partial charge in [0.25, 0.3) is 0 Å². The van der Waals surface area contributed by atoms with Crippen LogP contribution in [0.5, 0.6) is 0 Å². The van der Waals surface area contributed by atoms with Crippen LogP contribution in [0.4, 0.5) is 0 Å². The minimum absolute atomic E-state index is 0. The van der Waals surface area contributed by atoms with Gasteiger partial charge in [-0.3, -0.25) is 10.1 Å². The maximum atomic E-state index is 9.93. The van der Waals surface area contributed by atoms with Crippen molar-refractivity contribution in [3.8, 4) is 0 Å². The molecule has 0 bridgehead atoms. The monoisotopic (exact) mass is 139 g/mol. The van der Waals surface area contributed by atoms with E-state index in [9.17, 15) is 10.1 Å². The second-order valence-corrected chi connectivity index (χ2v) is 1.53. The second-order valence-electron chi connectivity index (χ2n) is 1.53. The molecule has 0 aliphatic rings. The van der Waals surface area contributed by atoms with Crippen molar-refractivity contribution in [3.05, 3.63) is 16.2 Å². The van der Waals surface area contributed by atoms with Gasteiger partial charge in [-0.1, -0.05) is 13.8 Å². The first-order valence-corrected chi connectivity index (χ1v) is 2.71. The average molecular weight is 139 g/mol. The molecule has 9 heavy (non-hydrogen) atoms. The molecule has 0 aromatic carbocycles. The summed E-state index contributed by atoms with van der Waals surface area (Å²) in [5.41, 5.74) is 0. The van der Waals surface area contributed by atoms with Gasteiger partial charge in [-0.15, -0.1) is 17.8 Å². The Morgan fingerprint density at radius 1 is 1.44 bits per heavy atom. The van der Waals surface area contributed by atoms with Crippen molar-refractivity contribution in [2.45, 2.75) is 26.7 Å². The fourth-order valence-electron chi connectivity index (χ4n) is 0.508. The molecule has 0 radical (unpaired) electrons. The molecule has 0 saturated carbocycles. The summed E-state index contributed by atoms with van der Waals surface area (Å²) in [6.45, 7) is 3.59. The Balaban J connectivity index is 0. The maximum Gasteiger partial charge on any atom is 1.00 e. The van der Waals surface area contributed by atoms with Gasteiger partial charge in [0.2, 0.25) is 0 Å². The molecule has 0 amide bonds. The Morgan fingerprint density at radius 3 is 1.78 bits per heavy atom. The second kappa shape index (κ2) is 6.39. The molecule has 3 nitrogen and oxygen atoms in total. The van der Waals surface area contributed by atoms with Crippen molar-refractivity contribution in [3.63, 3.8) is 0 Å². The van der Waals surface area contributed by atoms with Crippen LogP contribution in [0.3, 0.4) is 0 Å². The Morgan fingerprint density at radius 2 is 1.78 bits per heavy atom. The van der Waals surface area contributed by atoms with Crippen LogP contribution in [0.2, 0.25) is 0 Å². The fourth-order valence-corrected chi connectivity index (χ4v) is 0.508. The molecule has 0 saturated heterocycles. The molecule has 0 atom stereocenters.